The van der Waals surface area contributed by atoms with Gasteiger partial charge in [-0.15, -0.1) is 0 Å². The van der Waals surface area contributed by atoms with Crippen molar-refractivity contribution < 1.29 is 33.2 Å². The van der Waals surface area contributed by atoms with Crippen LogP contribution in [0, 0.1) is 5.41 Å². The molecular formula is C21H42O7. The second-order valence-electron chi connectivity index (χ2n) is 7.45. The molecule has 0 bridgehead atoms. The summed E-state index contributed by atoms with van der Waals surface area (Å²) < 4.78 is 32.4. The monoisotopic (exact) mass is 406 g/mol. The van der Waals surface area contributed by atoms with Crippen molar-refractivity contribution in [1.29, 1.82) is 0 Å². The largest absolute Gasteiger partial charge is 0.379 e. The van der Waals surface area contributed by atoms with Crippen LogP contribution in [0.4, 0.5) is 0 Å². The Morgan fingerprint density at radius 2 is 0.893 bits per heavy atom. The van der Waals surface area contributed by atoms with Gasteiger partial charge < -0.3 is 28.4 Å². The van der Waals surface area contributed by atoms with Crippen LogP contribution >= 0.6 is 0 Å². The van der Waals surface area contributed by atoms with Crippen LogP contribution in [0.2, 0.25) is 0 Å². The highest BCUT2D eigenvalue weighted by Gasteiger charge is 2.20. The molecule has 0 atom stereocenters. The maximum Gasteiger partial charge on any atom is 0.140 e. The highest BCUT2D eigenvalue weighted by atomic mass is 16.6. The molecule has 0 amide bonds. The molecule has 7 heteroatoms. The predicted molar refractivity (Wildman–Crippen MR) is 109 cm³/mol. The van der Waals surface area contributed by atoms with Gasteiger partial charge in [0.05, 0.1) is 72.7 Å². The Morgan fingerprint density at radius 1 is 0.571 bits per heavy atom. The summed E-state index contributed by atoms with van der Waals surface area (Å²) in [6, 6.07) is 0. The van der Waals surface area contributed by atoms with Gasteiger partial charge in [0.1, 0.15) is 5.78 Å². The third kappa shape index (κ3) is 20.2. The van der Waals surface area contributed by atoms with Crippen molar-refractivity contribution in [2.75, 3.05) is 79.3 Å². The van der Waals surface area contributed by atoms with Crippen molar-refractivity contribution in [3.05, 3.63) is 0 Å². The number of carbonyl (C=O) groups is 1. The van der Waals surface area contributed by atoms with Crippen molar-refractivity contribution in [2.24, 2.45) is 5.41 Å². The number of hydrogen-bond donors (Lipinski definition) is 0. The third-order valence-electron chi connectivity index (χ3n) is 3.81. The van der Waals surface area contributed by atoms with Crippen LogP contribution in [0.15, 0.2) is 0 Å². The summed E-state index contributed by atoms with van der Waals surface area (Å²) in [6.45, 7) is 14.7. The maximum atomic E-state index is 11.7. The number of hydrogen-bond acceptors (Lipinski definition) is 7. The Kier molecular flexibility index (Phi) is 19.3. The number of carbonyl (C=O) groups excluding carboxylic acids is 1. The van der Waals surface area contributed by atoms with E-state index < -0.39 is 0 Å². The zero-order valence-electron chi connectivity index (χ0n) is 18.5. The van der Waals surface area contributed by atoms with Gasteiger partial charge >= 0.3 is 0 Å². The average molecular weight is 407 g/mol. The van der Waals surface area contributed by atoms with E-state index >= 15 is 0 Å². The molecule has 0 aromatic carbocycles. The second-order valence-corrected chi connectivity index (χ2v) is 7.45. The lowest BCUT2D eigenvalue weighted by atomic mass is 9.89. The van der Waals surface area contributed by atoms with Crippen molar-refractivity contribution in [3.8, 4) is 0 Å². The molecule has 0 aromatic rings. The molecule has 0 heterocycles. The SMILES string of the molecule is CCCCOCCOCCOCCOCCOCCOCCC(=O)C(C)(C)C. The van der Waals surface area contributed by atoms with Crippen molar-refractivity contribution in [2.45, 2.75) is 47.0 Å². The summed E-state index contributed by atoms with van der Waals surface area (Å²) in [7, 11) is 0. The molecule has 0 rings (SSSR count). The zero-order chi connectivity index (χ0) is 20.9. The number of ether oxygens (including phenoxy) is 6. The fourth-order valence-electron chi connectivity index (χ4n) is 1.99. The lowest BCUT2D eigenvalue weighted by Gasteiger charge is -2.16. The molecule has 0 saturated carbocycles. The van der Waals surface area contributed by atoms with Crippen LogP contribution in [0.3, 0.4) is 0 Å². The minimum Gasteiger partial charge on any atom is -0.379 e. The van der Waals surface area contributed by atoms with Crippen LogP contribution in [-0.4, -0.2) is 85.1 Å². The van der Waals surface area contributed by atoms with Crippen molar-refractivity contribution in [3.63, 3.8) is 0 Å². The molecule has 0 aromatic heterocycles. The first-order chi connectivity index (χ1) is 13.5. The molecule has 0 aliphatic heterocycles. The Morgan fingerprint density at radius 3 is 1.21 bits per heavy atom. The predicted octanol–water partition coefficient (Wildman–Crippen LogP) is 2.89. The lowest BCUT2D eigenvalue weighted by Crippen LogP contribution is -2.22. The van der Waals surface area contributed by atoms with Gasteiger partial charge in [0.15, 0.2) is 0 Å². The normalized spacial score (nSPS) is 11.9. The van der Waals surface area contributed by atoms with E-state index in [2.05, 4.69) is 6.92 Å². The first-order valence-corrected chi connectivity index (χ1v) is 10.5. The smallest absolute Gasteiger partial charge is 0.140 e. The van der Waals surface area contributed by atoms with Gasteiger partial charge in [-0.1, -0.05) is 34.1 Å². The van der Waals surface area contributed by atoms with E-state index in [1.54, 1.807) is 0 Å². The van der Waals surface area contributed by atoms with E-state index in [0.717, 1.165) is 19.4 Å². The summed E-state index contributed by atoms with van der Waals surface area (Å²) in [6.07, 6.45) is 2.70. The topological polar surface area (TPSA) is 72.5 Å². The molecule has 0 aliphatic rings. The van der Waals surface area contributed by atoms with Gasteiger partial charge in [-0.2, -0.15) is 0 Å². The summed E-state index contributed by atoms with van der Waals surface area (Å²) in [5.41, 5.74) is -0.295. The van der Waals surface area contributed by atoms with E-state index in [0.29, 0.717) is 79.1 Å². The van der Waals surface area contributed by atoms with Gasteiger partial charge in [-0.25, -0.2) is 0 Å². The quantitative estimate of drug-likeness (QED) is 0.271. The van der Waals surface area contributed by atoms with Crippen LogP contribution in [0.25, 0.3) is 0 Å². The molecule has 0 fully saturated rings. The lowest BCUT2D eigenvalue weighted by molar-refractivity contribution is -0.127. The van der Waals surface area contributed by atoms with Crippen LogP contribution < -0.4 is 0 Å². The molecule has 0 N–H and O–H groups in total. The van der Waals surface area contributed by atoms with Crippen LogP contribution in [0.1, 0.15) is 47.0 Å². The van der Waals surface area contributed by atoms with Crippen molar-refractivity contribution in [1.82, 2.24) is 0 Å². The Bertz CT molecular complexity index is 342. The molecule has 168 valence electrons. The highest BCUT2D eigenvalue weighted by Crippen LogP contribution is 2.16. The summed E-state index contributed by atoms with van der Waals surface area (Å²) in [5.74, 6) is 0.215. The van der Waals surface area contributed by atoms with E-state index in [4.69, 9.17) is 28.4 Å². The van der Waals surface area contributed by atoms with Gasteiger partial charge in [0, 0.05) is 18.4 Å². The molecule has 0 unspecified atom stereocenters. The number of ketones is 1. The molecular weight excluding hydrogens is 364 g/mol. The summed E-state index contributed by atoms with van der Waals surface area (Å²) in [4.78, 5) is 11.7. The molecule has 7 nitrogen and oxygen atoms in total. The maximum absolute atomic E-state index is 11.7. The van der Waals surface area contributed by atoms with Gasteiger partial charge in [0.2, 0.25) is 0 Å². The molecule has 0 spiro atoms. The second kappa shape index (κ2) is 19.7. The summed E-state index contributed by atoms with van der Waals surface area (Å²) in [5, 5.41) is 0. The number of rotatable bonds is 21. The Labute approximate surface area is 171 Å². The molecule has 28 heavy (non-hydrogen) atoms. The fraction of sp³-hybridized carbons (Fsp3) is 0.952. The highest BCUT2D eigenvalue weighted by molar-refractivity contribution is 5.83. The van der Waals surface area contributed by atoms with E-state index in [1.807, 2.05) is 20.8 Å². The Hall–Kier alpha value is -0.570. The molecule has 0 saturated heterocycles. The van der Waals surface area contributed by atoms with E-state index in [9.17, 15) is 4.79 Å². The number of unbranched alkanes of at least 4 members (excludes halogenated alkanes) is 1. The van der Waals surface area contributed by atoms with Crippen LogP contribution in [0.5, 0.6) is 0 Å². The standard InChI is InChI=1S/C21H42O7/c1-5-6-8-23-10-12-25-14-16-27-18-19-28-17-15-26-13-11-24-9-7-20(22)21(2,3)4/h5-19H2,1-4H3. The first kappa shape index (κ1) is 27.4. The summed E-state index contributed by atoms with van der Waals surface area (Å²) >= 11 is 0. The fourth-order valence-corrected chi connectivity index (χ4v) is 1.99. The minimum absolute atomic E-state index is 0.215. The van der Waals surface area contributed by atoms with Crippen LogP contribution in [-0.2, 0) is 33.2 Å². The Balaban J connectivity index is 3.10. The van der Waals surface area contributed by atoms with Gasteiger partial charge in [-0.3, -0.25) is 4.79 Å². The molecule has 0 aliphatic carbocycles. The third-order valence-corrected chi connectivity index (χ3v) is 3.81. The minimum atomic E-state index is -0.295. The van der Waals surface area contributed by atoms with Gasteiger partial charge in [-0.05, 0) is 6.42 Å². The van der Waals surface area contributed by atoms with E-state index in [1.165, 1.54) is 0 Å². The van der Waals surface area contributed by atoms with E-state index in [-0.39, 0.29) is 11.2 Å². The molecule has 0 radical (unpaired) electrons. The zero-order valence-corrected chi connectivity index (χ0v) is 18.5. The average Bonchev–Trinajstić information content (AvgIpc) is 2.65. The van der Waals surface area contributed by atoms with Gasteiger partial charge in [0.25, 0.3) is 0 Å². The van der Waals surface area contributed by atoms with Crippen molar-refractivity contribution >= 4 is 5.78 Å². The first-order valence-electron chi connectivity index (χ1n) is 10.5. The number of Topliss-reactive ketones (excluding diaryl/α,β-unsaturated/α-hetero) is 1.